The first-order valence-corrected chi connectivity index (χ1v) is 8.04. The highest BCUT2D eigenvalue weighted by atomic mass is 16.4. The minimum atomic E-state index is -0.719. The highest BCUT2D eigenvalue weighted by Gasteiger charge is 2.26. The number of aromatic nitrogens is 3. The Kier molecular flexibility index (Phi) is 5.23. The van der Waals surface area contributed by atoms with Crippen LogP contribution < -0.4 is 15.5 Å². The quantitative estimate of drug-likeness (QED) is 0.754. The standard InChI is InChI=1S/C15H26N6O2/c1-5-16-12-17-13(20-15(2,3)4)19-14(18-12)21-8-6-10(7-9-21)11(22)23/h10H,5-9H2,1-4H3,(H,22,23)(H2,16,17,18,19,20). The van der Waals surface area contributed by atoms with E-state index in [1.165, 1.54) is 0 Å². The molecule has 0 amide bonds. The Morgan fingerprint density at radius 2 is 1.83 bits per heavy atom. The van der Waals surface area contributed by atoms with Crippen LogP contribution in [0.5, 0.6) is 0 Å². The molecule has 23 heavy (non-hydrogen) atoms. The zero-order chi connectivity index (χ0) is 17.0. The smallest absolute Gasteiger partial charge is 0.306 e. The summed E-state index contributed by atoms with van der Waals surface area (Å²) in [5.41, 5.74) is -0.154. The van der Waals surface area contributed by atoms with Gasteiger partial charge in [-0.25, -0.2) is 0 Å². The molecule has 8 nitrogen and oxygen atoms in total. The maximum Gasteiger partial charge on any atom is 0.306 e. The number of nitrogens with one attached hydrogen (secondary N) is 2. The number of nitrogens with zero attached hydrogens (tertiary/aromatic N) is 4. The normalized spacial score (nSPS) is 16.3. The van der Waals surface area contributed by atoms with Gasteiger partial charge in [-0.15, -0.1) is 0 Å². The summed E-state index contributed by atoms with van der Waals surface area (Å²) < 4.78 is 0. The first kappa shape index (κ1) is 17.2. The summed E-state index contributed by atoms with van der Waals surface area (Å²) in [6, 6.07) is 0. The summed E-state index contributed by atoms with van der Waals surface area (Å²) in [5.74, 6) is 0.659. The molecular formula is C15H26N6O2. The van der Waals surface area contributed by atoms with Gasteiger partial charge in [0.15, 0.2) is 0 Å². The van der Waals surface area contributed by atoms with Gasteiger partial charge in [0.1, 0.15) is 0 Å². The molecule has 1 fully saturated rings. The fraction of sp³-hybridized carbons (Fsp3) is 0.733. The van der Waals surface area contributed by atoms with Gasteiger partial charge >= 0.3 is 5.97 Å². The van der Waals surface area contributed by atoms with Gasteiger partial charge in [0.05, 0.1) is 5.92 Å². The zero-order valence-corrected chi connectivity index (χ0v) is 14.3. The van der Waals surface area contributed by atoms with E-state index in [-0.39, 0.29) is 11.5 Å². The van der Waals surface area contributed by atoms with Crippen molar-refractivity contribution in [1.29, 1.82) is 0 Å². The lowest BCUT2D eigenvalue weighted by Gasteiger charge is -2.30. The van der Waals surface area contributed by atoms with Crippen molar-refractivity contribution < 1.29 is 9.90 Å². The molecule has 2 rings (SSSR count). The number of hydrogen-bond donors (Lipinski definition) is 3. The van der Waals surface area contributed by atoms with E-state index >= 15 is 0 Å². The van der Waals surface area contributed by atoms with E-state index in [1.807, 2.05) is 32.6 Å². The second-order valence-corrected chi connectivity index (χ2v) is 6.79. The van der Waals surface area contributed by atoms with Gasteiger partial charge in [0.25, 0.3) is 0 Å². The van der Waals surface area contributed by atoms with E-state index < -0.39 is 5.97 Å². The first-order chi connectivity index (χ1) is 10.8. The van der Waals surface area contributed by atoms with E-state index in [0.717, 1.165) is 6.54 Å². The third-order valence-corrected chi connectivity index (χ3v) is 3.57. The van der Waals surface area contributed by atoms with Crippen molar-refractivity contribution in [1.82, 2.24) is 15.0 Å². The second-order valence-electron chi connectivity index (χ2n) is 6.79. The molecule has 1 aromatic heterocycles. The largest absolute Gasteiger partial charge is 0.481 e. The average molecular weight is 322 g/mol. The van der Waals surface area contributed by atoms with Crippen LogP contribution in [0.15, 0.2) is 0 Å². The predicted molar refractivity (Wildman–Crippen MR) is 89.9 cm³/mol. The van der Waals surface area contributed by atoms with Gasteiger partial charge in [0, 0.05) is 25.2 Å². The van der Waals surface area contributed by atoms with Crippen LogP contribution in [0, 0.1) is 5.92 Å². The fourth-order valence-electron chi connectivity index (χ4n) is 2.46. The molecule has 1 aliphatic rings. The zero-order valence-electron chi connectivity index (χ0n) is 14.3. The molecule has 0 saturated carbocycles. The molecular weight excluding hydrogens is 296 g/mol. The molecule has 0 aliphatic carbocycles. The summed E-state index contributed by atoms with van der Waals surface area (Å²) in [4.78, 5) is 26.4. The SMILES string of the molecule is CCNc1nc(NC(C)(C)C)nc(N2CCC(C(=O)O)CC2)n1. The summed E-state index contributed by atoms with van der Waals surface area (Å²) in [7, 11) is 0. The fourth-order valence-corrected chi connectivity index (χ4v) is 2.46. The number of aliphatic carboxylic acids is 1. The third kappa shape index (κ3) is 4.94. The second kappa shape index (κ2) is 6.97. The number of carboxylic acid groups (broad SMARTS) is 1. The lowest BCUT2D eigenvalue weighted by molar-refractivity contribution is -0.142. The van der Waals surface area contributed by atoms with Crippen LogP contribution in [0.25, 0.3) is 0 Å². The Bertz CT molecular complexity index is 549. The van der Waals surface area contributed by atoms with Gasteiger partial charge in [-0.05, 0) is 40.5 Å². The third-order valence-electron chi connectivity index (χ3n) is 3.57. The van der Waals surface area contributed by atoms with Crippen molar-refractivity contribution in [3.63, 3.8) is 0 Å². The number of anilines is 3. The maximum absolute atomic E-state index is 11.1. The number of hydrogen-bond acceptors (Lipinski definition) is 7. The average Bonchev–Trinajstić information content (AvgIpc) is 2.45. The summed E-state index contributed by atoms with van der Waals surface area (Å²) >= 11 is 0. The van der Waals surface area contributed by atoms with Crippen molar-refractivity contribution >= 4 is 23.8 Å². The van der Waals surface area contributed by atoms with Gasteiger partial charge < -0.3 is 20.6 Å². The Morgan fingerprint density at radius 1 is 1.22 bits per heavy atom. The molecule has 2 heterocycles. The van der Waals surface area contributed by atoms with Crippen molar-refractivity contribution in [2.75, 3.05) is 35.2 Å². The molecule has 1 saturated heterocycles. The van der Waals surface area contributed by atoms with Crippen molar-refractivity contribution in [2.45, 2.75) is 46.1 Å². The number of carboxylic acids is 1. The monoisotopic (exact) mass is 322 g/mol. The Labute approximate surface area is 136 Å². The minimum absolute atomic E-state index is 0.154. The Balaban J connectivity index is 2.18. The molecule has 1 aliphatic heterocycles. The highest BCUT2D eigenvalue weighted by Crippen LogP contribution is 2.23. The van der Waals surface area contributed by atoms with E-state index in [4.69, 9.17) is 5.11 Å². The maximum atomic E-state index is 11.1. The molecule has 0 spiro atoms. The van der Waals surface area contributed by atoms with Crippen LogP contribution in [0.2, 0.25) is 0 Å². The topological polar surface area (TPSA) is 103 Å². The predicted octanol–water partition coefficient (Wildman–Crippen LogP) is 1.81. The number of carbonyl (C=O) groups is 1. The van der Waals surface area contributed by atoms with E-state index in [2.05, 4.69) is 25.6 Å². The van der Waals surface area contributed by atoms with Crippen LogP contribution in [0.1, 0.15) is 40.5 Å². The first-order valence-electron chi connectivity index (χ1n) is 8.04. The molecule has 0 aromatic carbocycles. The Morgan fingerprint density at radius 3 is 2.35 bits per heavy atom. The van der Waals surface area contributed by atoms with E-state index in [1.54, 1.807) is 0 Å². The highest BCUT2D eigenvalue weighted by molar-refractivity contribution is 5.70. The van der Waals surface area contributed by atoms with Gasteiger partial charge in [-0.1, -0.05) is 0 Å². The van der Waals surface area contributed by atoms with Crippen molar-refractivity contribution in [3.05, 3.63) is 0 Å². The van der Waals surface area contributed by atoms with Crippen LogP contribution in [-0.4, -0.2) is 51.2 Å². The van der Waals surface area contributed by atoms with Crippen molar-refractivity contribution in [2.24, 2.45) is 5.92 Å². The van der Waals surface area contributed by atoms with Crippen molar-refractivity contribution in [3.8, 4) is 0 Å². The van der Waals surface area contributed by atoms with Gasteiger partial charge in [-0.2, -0.15) is 15.0 Å². The summed E-state index contributed by atoms with van der Waals surface area (Å²) in [5, 5.41) is 15.5. The summed E-state index contributed by atoms with van der Waals surface area (Å²) in [6.07, 6.45) is 1.22. The molecule has 3 N–H and O–H groups in total. The minimum Gasteiger partial charge on any atom is -0.481 e. The van der Waals surface area contributed by atoms with Gasteiger partial charge in [-0.3, -0.25) is 4.79 Å². The molecule has 1 aromatic rings. The lowest BCUT2D eigenvalue weighted by atomic mass is 9.97. The lowest BCUT2D eigenvalue weighted by Crippen LogP contribution is -2.38. The molecule has 0 unspecified atom stereocenters. The summed E-state index contributed by atoms with van der Waals surface area (Å²) in [6.45, 7) is 10.1. The van der Waals surface area contributed by atoms with Crippen LogP contribution >= 0.6 is 0 Å². The van der Waals surface area contributed by atoms with E-state index in [0.29, 0.717) is 43.8 Å². The van der Waals surface area contributed by atoms with E-state index in [9.17, 15) is 4.79 Å². The molecule has 8 heteroatoms. The molecule has 128 valence electrons. The van der Waals surface area contributed by atoms with Crippen LogP contribution in [0.4, 0.5) is 17.8 Å². The molecule has 0 atom stereocenters. The van der Waals surface area contributed by atoms with Crippen LogP contribution in [0.3, 0.4) is 0 Å². The number of piperidine rings is 1. The molecule has 0 radical (unpaired) electrons. The van der Waals surface area contributed by atoms with Gasteiger partial charge in [0.2, 0.25) is 17.8 Å². The van der Waals surface area contributed by atoms with Crippen LogP contribution in [-0.2, 0) is 4.79 Å². The Hall–Kier alpha value is -2.12. The molecule has 0 bridgehead atoms. The number of rotatable bonds is 5.